The summed E-state index contributed by atoms with van der Waals surface area (Å²) >= 11 is 6.01. The Bertz CT molecular complexity index is 707. The summed E-state index contributed by atoms with van der Waals surface area (Å²) in [5.41, 5.74) is 4.53. The van der Waals surface area contributed by atoms with E-state index in [0.29, 0.717) is 5.02 Å². The lowest BCUT2D eigenvalue weighted by Crippen LogP contribution is -2.43. The van der Waals surface area contributed by atoms with Crippen molar-refractivity contribution < 1.29 is 4.79 Å². The molecule has 0 bridgehead atoms. The first kappa shape index (κ1) is 15.8. The molecule has 0 aromatic heterocycles. The van der Waals surface area contributed by atoms with Crippen molar-refractivity contribution in [3.05, 3.63) is 64.2 Å². The lowest BCUT2D eigenvalue weighted by atomic mass is 10.1. The van der Waals surface area contributed by atoms with E-state index in [4.69, 9.17) is 11.6 Å². The average molecular weight is 330 g/mol. The van der Waals surface area contributed by atoms with Crippen LogP contribution in [0, 0.1) is 6.92 Å². The molecule has 0 fully saturated rings. The first-order valence-corrected chi connectivity index (χ1v) is 8.00. The van der Waals surface area contributed by atoms with E-state index >= 15 is 0 Å². The Morgan fingerprint density at radius 3 is 2.52 bits per heavy atom. The second-order valence-electron chi connectivity index (χ2n) is 5.82. The third-order valence-corrected chi connectivity index (χ3v) is 4.47. The van der Waals surface area contributed by atoms with E-state index in [1.54, 1.807) is 5.01 Å². The SMILES string of the molecule is Cc1ccc(Cl)cc1NCC(=O)N(C)N1Cc2ccccc2C1. The molecule has 0 aliphatic carbocycles. The van der Waals surface area contributed by atoms with Gasteiger partial charge in [0, 0.05) is 30.8 Å². The van der Waals surface area contributed by atoms with Gasteiger partial charge in [-0.3, -0.25) is 9.80 Å². The third kappa shape index (κ3) is 3.49. The maximum absolute atomic E-state index is 12.4. The standard InChI is InChI=1S/C18H20ClN3O/c1-13-7-8-16(19)9-17(13)20-10-18(23)21(2)22-11-14-5-3-4-6-15(14)12-22/h3-9,20H,10-12H2,1-2H3. The summed E-state index contributed by atoms with van der Waals surface area (Å²) in [7, 11) is 1.82. The maximum atomic E-state index is 12.4. The molecule has 5 heteroatoms. The number of fused-ring (bicyclic) bond motifs is 1. The Morgan fingerprint density at radius 1 is 1.22 bits per heavy atom. The maximum Gasteiger partial charge on any atom is 0.255 e. The zero-order chi connectivity index (χ0) is 16.4. The van der Waals surface area contributed by atoms with Gasteiger partial charge in [0.25, 0.3) is 5.91 Å². The third-order valence-electron chi connectivity index (χ3n) is 4.24. The number of hydrogen-bond donors (Lipinski definition) is 1. The van der Waals surface area contributed by atoms with Crippen molar-refractivity contribution in [1.82, 2.24) is 10.0 Å². The van der Waals surface area contributed by atoms with Gasteiger partial charge in [-0.15, -0.1) is 0 Å². The monoisotopic (exact) mass is 329 g/mol. The molecule has 0 radical (unpaired) electrons. The number of nitrogens with zero attached hydrogens (tertiary/aromatic N) is 2. The normalized spacial score (nSPS) is 13.7. The van der Waals surface area contributed by atoms with Crippen LogP contribution < -0.4 is 5.32 Å². The van der Waals surface area contributed by atoms with Crippen LogP contribution in [0.5, 0.6) is 0 Å². The van der Waals surface area contributed by atoms with Crippen LogP contribution in [0.25, 0.3) is 0 Å². The molecule has 23 heavy (non-hydrogen) atoms. The minimum absolute atomic E-state index is 0.0252. The van der Waals surface area contributed by atoms with Gasteiger partial charge in [0.05, 0.1) is 6.54 Å². The van der Waals surface area contributed by atoms with Gasteiger partial charge < -0.3 is 5.32 Å². The predicted molar refractivity (Wildman–Crippen MR) is 93.1 cm³/mol. The van der Waals surface area contributed by atoms with E-state index in [2.05, 4.69) is 22.5 Å². The average Bonchev–Trinajstić information content (AvgIpc) is 2.98. The van der Waals surface area contributed by atoms with Crippen molar-refractivity contribution in [2.24, 2.45) is 0 Å². The molecule has 1 aliphatic heterocycles. The highest BCUT2D eigenvalue weighted by molar-refractivity contribution is 6.30. The van der Waals surface area contributed by atoms with Crippen LogP contribution in [-0.4, -0.2) is 29.5 Å². The van der Waals surface area contributed by atoms with Gasteiger partial charge in [-0.25, -0.2) is 5.01 Å². The number of likely N-dealkylation sites (N-methyl/N-ethyl adjacent to an activating group) is 1. The number of carbonyl (C=O) groups excluding carboxylic acids is 1. The summed E-state index contributed by atoms with van der Waals surface area (Å²) in [5.74, 6) is 0.0252. The Labute approximate surface area is 141 Å². The molecule has 0 spiro atoms. The van der Waals surface area contributed by atoms with Crippen LogP contribution in [0.15, 0.2) is 42.5 Å². The summed E-state index contributed by atoms with van der Waals surface area (Å²) in [6.45, 7) is 3.78. The summed E-state index contributed by atoms with van der Waals surface area (Å²) in [6, 6.07) is 13.9. The number of amides is 1. The van der Waals surface area contributed by atoms with Gasteiger partial charge in [0.15, 0.2) is 0 Å². The number of nitrogens with one attached hydrogen (secondary N) is 1. The van der Waals surface area contributed by atoms with E-state index in [9.17, 15) is 4.79 Å². The van der Waals surface area contributed by atoms with Gasteiger partial charge in [-0.2, -0.15) is 0 Å². The highest BCUT2D eigenvalue weighted by Gasteiger charge is 2.24. The molecule has 2 aromatic carbocycles. The van der Waals surface area contributed by atoms with Crippen LogP contribution in [0.3, 0.4) is 0 Å². The summed E-state index contributed by atoms with van der Waals surface area (Å²) < 4.78 is 0. The Balaban J connectivity index is 1.60. The molecular formula is C18H20ClN3O. The molecule has 1 amide bonds. The molecule has 1 N–H and O–H groups in total. The second kappa shape index (κ2) is 6.60. The van der Waals surface area contributed by atoms with Crippen molar-refractivity contribution in [3.63, 3.8) is 0 Å². The topological polar surface area (TPSA) is 35.6 Å². The zero-order valence-electron chi connectivity index (χ0n) is 13.3. The lowest BCUT2D eigenvalue weighted by Gasteiger charge is -2.28. The van der Waals surface area contributed by atoms with Gasteiger partial charge >= 0.3 is 0 Å². The largest absolute Gasteiger partial charge is 0.376 e. The molecule has 0 saturated carbocycles. The number of rotatable bonds is 4. The molecule has 0 saturated heterocycles. The number of benzene rings is 2. The van der Waals surface area contributed by atoms with Gasteiger partial charge in [0.2, 0.25) is 0 Å². The number of carbonyl (C=O) groups is 1. The smallest absolute Gasteiger partial charge is 0.255 e. The molecule has 0 atom stereocenters. The second-order valence-corrected chi connectivity index (χ2v) is 6.26. The zero-order valence-corrected chi connectivity index (χ0v) is 14.1. The Morgan fingerprint density at radius 2 is 1.87 bits per heavy atom. The fourth-order valence-electron chi connectivity index (χ4n) is 2.75. The molecular weight excluding hydrogens is 310 g/mol. The van der Waals surface area contributed by atoms with Crippen LogP contribution >= 0.6 is 11.6 Å². The van der Waals surface area contributed by atoms with Gasteiger partial charge in [-0.1, -0.05) is 41.9 Å². The van der Waals surface area contributed by atoms with Crippen LogP contribution in [0.4, 0.5) is 5.69 Å². The Hall–Kier alpha value is -2.04. The van der Waals surface area contributed by atoms with E-state index in [1.807, 2.05) is 44.3 Å². The predicted octanol–water partition coefficient (Wildman–Crippen LogP) is 3.45. The molecule has 120 valence electrons. The van der Waals surface area contributed by atoms with Crippen molar-refractivity contribution in [2.75, 3.05) is 18.9 Å². The first-order chi connectivity index (χ1) is 11.0. The summed E-state index contributed by atoms with van der Waals surface area (Å²) in [6.07, 6.45) is 0. The minimum Gasteiger partial charge on any atom is -0.376 e. The summed E-state index contributed by atoms with van der Waals surface area (Å²) in [4.78, 5) is 12.4. The highest BCUT2D eigenvalue weighted by Crippen LogP contribution is 2.23. The minimum atomic E-state index is 0.0252. The quantitative estimate of drug-likeness (QED) is 0.933. The van der Waals surface area contributed by atoms with Crippen LogP contribution in [0.2, 0.25) is 5.02 Å². The Kier molecular flexibility index (Phi) is 4.55. The molecule has 1 aliphatic rings. The molecule has 4 nitrogen and oxygen atoms in total. The fraction of sp³-hybridized carbons (Fsp3) is 0.278. The molecule has 1 heterocycles. The van der Waals surface area contributed by atoms with Crippen LogP contribution in [0.1, 0.15) is 16.7 Å². The van der Waals surface area contributed by atoms with Gasteiger partial charge in [-0.05, 0) is 35.7 Å². The van der Waals surface area contributed by atoms with E-state index in [1.165, 1.54) is 11.1 Å². The van der Waals surface area contributed by atoms with Crippen molar-refractivity contribution >= 4 is 23.2 Å². The fourth-order valence-corrected chi connectivity index (χ4v) is 2.93. The lowest BCUT2D eigenvalue weighted by molar-refractivity contribution is -0.144. The van der Waals surface area contributed by atoms with E-state index in [-0.39, 0.29) is 12.5 Å². The van der Waals surface area contributed by atoms with Crippen molar-refractivity contribution in [1.29, 1.82) is 0 Å². The molecule has 0 unspecified atom stereocenters. The van der Waals surface area contributed by atoms with Crippen molar-refractivity contribution in [3.8, 4) is 0 Å². The molecule has 3 rings (SSSR count). The number of hydrogen-bond acceptors (Lipinski definition) is 3. The number of aryl methyl sites for hydroxylation is 1. The van der Waals surface area contributed by atoms with Crippen LogP contribution in [-0.2, 0) is 17.9 Å². The number of hydrazine groups is 1. The highest BCUT2D eigenvalue weighted by atomic mass is 35.5. The number of anilines is 1. The summed E-state index contributed by atoms with van der Waals surface area (Å²) in [5, 5.41) is 7.59. The van der Waals surface area contributed by atoms with Gasteiger partial charge in [0.1, 0.15) is 0 Å². The number of halogens is 1. The molecule has 2 aromatic rings. The van der Waals surface area contributed by atoms with E-state index < -0.39 is 0 Å². The van der Waals surface area contributed by atoms with E-state index in [0.717, 1.165) is 24.3 Å². The first-order valence-electron chi connectivity index (χ1n) is 7.63. The van der Waals surface area contributed by atoms with Crippen molar-refractivity contribution in [2.45, 2.75) is 20.0 Å².